The molecule has 0 saturated heterocycles. The van der Waals surface area contributed by atoms with Crippen LogP contribution in [0.25, 0.3) is 0 Å². The minimum atomic E-state index is -0.357. The monoisotopic (exact) mass is 195 g/mol. The minimum Gasteiger partial charge on any atom is -0.494 e. The molecule has 0 aliphatic heterocycles. The second-order valence-electron chi connectivity index (χ2n) is 3.11. The molecule has 1 aromatic carbocycles. The molecule has 3 heteroatoms. The summed E-state index contributed by atoms with van der Waals surface area (Å²) in [4.78, 5) is 0. The predicted octanol–water partition coefficient (Wildman–Crippen LogP) is 2.00. The summed E-state index contributed by atoms with van der Waals surface area (Å²) in [5.41, 5.74) is 7.77. The lowest BCUT2D eigenvalue weighted by molar-refractivity contribution is 0.109. The van der Waals surface area contributed by atoms with E-state index in [-0.39, 0.29) is 6.23 Å². The van der Waals surface area contributed by atoms with Gasteiger partial charge in [0, 0.05) is 7.11 Å². The molecule has 0 aliphatic rings. The van der Waals surface area contributed by atoms with E-state index < -0.39 is 0 Å². The lowest BCUT2D eigenvalue weighted by Crippen LogP contribution is -2.12. The largest absolute Gasteiger partial charge is 0.494 e. The van der Waals surface area contributed by atoms with Gasteiger partial charge in [-0.05, 0) is 37.1 Å². The number of benzene rings is 1. The molecule has 3 nitrogen and oxygen atoms in total. The van der Waals surface area contributed by atoms with Gasteiger partial charge in [0.25, 0.3) is 0 Å². The molecule has 0 radical (unpaired) electrons. The van der Waals surface area contributed by atoms with Crippen molar-refractivity contribution >= 4 is 0 Å². The first-order chi connectivity index (χ1) is 6.69. The van der Waals surface area contributed by atoms with Gasteiger partial charge in [-0.3, -0.25) is 0 Å². The number of ether oxygens (including phenoxy) is 2. The summed E-state index contributed by atoms with van der Waals surface area (Å²) in [6.07, 6.45) is -0.357. The fourth-order valence-corrected chi connectivity index (χ4v) is 1.30. The van der Waals surface area contributed by atoms with Crippen LogP contribution in [0, 0.1) is 6.92 Å². The van der Waals surface area contributed by atoms with Crippen LogP contribution >= 0.6 is 0 Å². The average molecular weight is 195 g/mol. The Labute approximate surface area is 84.8 Å². The first-order valence-corrected chi connectivity index (χ1v) is 4.70. The van der Waals surface area contributed by atoms with Crippen molar-refractivity contribution in [2.45, 2.75) is 20.1 Å². The van der Waals surface area contributed by atoms with Crippen LogP contribution in [-0.4, -0.2) is 13.7 Å². The molecule has 2 N–H and O–H groups in total. The van der Waals surface area contributed by atoms with Crippen LogP contribution in [0.5, 0.6) is 5.75 Å². The van der Waals surface area contributed by atoms with E-state index in [2.05, 4.69) is 0 Å². The smallest absolute Gasteiger partial charge is 0.131 e. The molecule has 0 amide bonds. The molecule has 1 rings (SSSR count). The molecular weight excluding hydrogens is 178 g/mol. The molecule has 0 fully saturated rings. The maximum Gasteiger partial charge on any atom is 0.131 e. The van der Waals surface area contributed by atoms with E-state index >= 15 is 0 Å². The standard InChI is InChI=1S/C11H17NO2/c1-4-14-10-6-5-9(7-8(10)2)11(12)13-3/h5-7,11H,4,12H2,1-3H3. The van der Waals surface area contributed by atoms with Crippen LogP contribution in [0.4, 0.5) is 0 Å². The first-order valence-electron chi connectivity index (χ1n) is 4.70. The molecule has 0 spiro atoms. The van der Waals surface area contributed by atoms with Crippen LogP contribution in [0.2, 0.25) is 0 Å². The SMILES string of the molecule is CCOc1ccc(C(N)OC)cc1C. The summed E-state index contributed by atoms with van der Waals surface area (Å²) in [7, 11) is 1.59. The Morgan fingerprint density at radius 3 is 2.64 bits per heavy atom. The van der Waals surface area contributed by atoms with Crippen LogP contribution in [-0.2, 0) is 4.74 Å². The Hall–Kier alpha value is -1.06. The lowest BCUT2D eigenvalue weighted by atomic mass is 10.1. The number of nitrogens with two attached hydrogens (primary N) is 1. The van der Waals surface area contributed by atoms with Crippen molar-refractivity contribution in [2.24, 2.45) is 5.73 Å². The molecule has 0 heterocycles. The van der Waals surface area contributed by atoms with E-state index in [0.29, 0.717) is 6.61 Å². The summed E-state index contributed by atoms with van der Waals surface area (Å²) >= 11 is 0. The van der Waals surface area contributed by atoms with E-state index in [1.54, 1.807) is 7.11 Å². The summed E-state index contributed by atoms with van der Waals surface area (Å²) in [5.74, 6) is 0.902. The number of aryl methyl sites for hydroxylation is 1. The molecule has 1 unspecified atom stereocenters. The maximum atomic E-state index is 5.72. The molecule has 0 aliphatic carbocycles. The number of hydrogen-bond acceptors (Lipinski definition) is 3. The Bertz CT molecular complexity index is 299. The van der Waals surface area contributed by atoms with Crippen LogP contribution in [0.1, 0.15) is 24.3 Å². The summed E-state index contributed by atoms with van der Waals surface area (Å²) < 4.78 is 10.5. The van der Waals surface area contributed by atoms with Gasteiger partial charge < -0.3 is 15.2 Å². The summed E-state index contributed by atoms with van der Waals surface area (Å²) in [6.45, 7) is 4.64. The van der Waals surface area contributed by atoms with Crippen molar-refractivity contribution in [3.63, 3.8) is 0 Å². The molecule has 78 valence electrons. The second-order valence-corrected chi connectivity index (χ2v) is 3.11. The third-order valence-electron chi connectivity index (χ3n) is 2.08. The zero-order valence-electron chi connectivity index (χ0n) is 8.91. The topological polar surface area (TPSA) is 44.5 Å². The highest BCUT2D eigenvalue weighted by Gasteiger charge is 2.06. The van der Waals surface area contributed by atoms with Gasteiger partial charge in [0.15, 0.2) is 0 Å². The minimum absolute atomic E-state index is 0.357. The van der Waals surface area contributed by atoms with Crippen molar-refractivity contribution in [2.75, 3.05) is 13.7 Å². The fourth-order valence-electron chi connectivity index (χ4n) is 1.30. The van der Waals surface area contributed by atoms with Gasteiger partial charge >= 0.3 is 0 Å². The van der Waals surface area contributed by atoms with E-state index in [1.807, 2.05) is 32.0 Å². The van der Waals surface area contributed by atoms with Gasteiger partial charge in [0.2, 0.25) is 0 Å². The second kappa shape index (κ2) is 4.98. The van der Waals surface area contributed by atoms with Crippen molar-refractivity contribution in [1.29, 1.82) is 0 Å². The molecule has 1 aromatic rings. The van der Waals surface area contributed by atoms with Crippen molar-refractivity contribution < 1.29 is 9.47 Å². The quantitative estimate of drug-likeness (QED) is 0.747. The van der Waals surface area contributed by atoms with Crippen molar-refractivity contribution in [3.8, 4) is 5.75 Å². The summed E-state index contributed by atoms with van der Waals surface area (Å²) in [5, 5.41) is 0. The van der Waals surface area contributed by atoms with Gasteiger partial charge in [-0.25, -0.2) is 0 Å². The van der Waals surface area contributed by atoms with Crippen LogP contribution in [0.3, 0.4) is 0 Å². The average Bonchev–Trinajstić information content (AvgIpc) is 2.20. The maximum absolute atomic E-state index is 5.72. The predicted molar refractivity (Wildman–Crippen MR) is 56.3 cm³/mol. The molecule has 14 heavy (non-hydrogen) atoms. The van der Waals surface area contributed by atoms with Crippen LogP contribution in [0.15, 0.2) is 18.2 Å². The highest BCUT2D eigenvalue weighted by molar-refractivity contribution is 5.36. The van der Waals surface area contributed by atoms with Gasteiger partial charge in [-0.2, -0.15) is 0 Å². The van der Waals surface area contributed by atoms with Crippen molar-refractivity contribution in [3.05, 3.63) is 29.3 Å². The van der Waals surface area contributed by atoms with Gasteiger partial charge in [-0.1, -0.05) is 6.07 Å². The summed E-state index contributed by atoms with van der Waals surface area (Å²) in [6, 6.07) is 5.83. The van der Waals surface area contributed by atoms with E-state index in [0.717, 1.165) is 16.9 Å². The van der Waals surface area contributed by atoms with E-state index in [4.69, 9.17) is 15.2 Å². The molecular formula is C11H17NO2. The molecule has 1 atom stereocenters. The fraction of sp³-hybridized carbons (Fsp3) is 0.455. The van der Waals surface area contributed by atoms with Gasteiger partial charge in [-0.15, -0.1) is 0 Å². The number of methoxy groups -OCH3 is 1. The Morgan fingerprint density at radius 2 is 2.14 bits per heavy atom. The van der Waals surface area contributed by atoms with E-state index in [9.17, 15) is 0 Å². The zero-order valence-corrected chi connectivity index (χ0v) is 8.91. The van der Waals surface area contributed by atoms with Crippen LogP contribution < -0.4 is 10.5 Å². The van der Waals surface area contributed by atoms with Gasteiger partial charge in [0.1, 0.15) is 12.0 Å². The molecule has 0 aromatic heterocycles. The third kappa shape index (κ3) is 2.47. The van der Waals surface area contributed by atoms with Crippen molar-refractivity contribution in [1.82, 2.24) is 0 Å². The highest BCUT2D eigenvalue weighted by Crippen LogP contribution is 2.21. The van der Waals surface area contributed by atoms with Gasteiger partial charge in [0.05, 0.1) is 6.61 Å². The number of rotatable bonds is 4. The Balaban J connectivity index is 2.88. The molecule has 0 saturated carbocycles. The number of hydrogen-bond donors (Lipinski definition) is 1. The first kappa shape index (κ1) is 11.0. The molecule has 0 bridgehead atoms. The van der Waals surface area contributed by atoms with E-state index in [1.165, 1.54) is 0 Å². The Kier molecular flexibility index (Phi) is 3.92. The normalized spacial score (nSPS) is 12.6. The lowest BCUT2D eigenvalue weighted by Gasteiger charge is -2.13. The highest BCUT2D eigenvalue weighted by atomic mass is 16.5. The third-order valence-corrected chi connectivity index (χ3v) is 2.08. The zero-order chi connectivity index (χ0) is 10.6. The Morgan fingerprint density at radius 1 is 1.43 bits per heavy atom.